The number of benzene rings is 1. The van der Waals surface area contributed by atoms with Crippen LogP contribution in [0.1, 0.15) is 25.3 Å². The van der Waals surface area contributed by atoms with Crippen LogP contribution in [0.4, 0.5) is 0 Å². The zero-order valence-electron chi connectivity index (χ0n) is 12.6. The van der Waals surface area contributed by atoms with Crippen LogP contribution in [0.2, 0.25) is 0 Å². The lowest BCUT2D eigenvalue weighted by molar-refractivity contribution is -0.138. The second-order valence-corrected chi connectivity index (χ2v) is 5.16. The van der Waals surface area contributed by atoms with Gasteiger partial charge in [0.1, 0.15) is 5.75 Å². The van der Waals surface area contributed by atoms with Crippen molar-refractivity contribution >= 4 is 11.8 Å². The number of nitrogens with one attached hydrogen (secondary N) is 1. The highest BCUT2D eigenvalue weighted by Crippen LogP contribution is 2.18. The monoisotopic (exact) mass is 290 g/mol. The Morgan fingerprint density at radius 3 is 2.81 bits per heavy atom. The molecule has 21 heavy (non-hydrogen) atoms. The molecule has 0 aliphatic carbocycles. The van der Waals surface area contributed by atoms with Crippen LogP contribution < -0.4 is 10.1 Å². The first-order valence-corrected chi connectivity index (χ1v) is 7.36. The fourth-order valence-electron chi connectivity index (χ4n) is 2.59. The summed E-state index contributed by atoms with van der Waals surface area (Å²) in [5, 5.41) is 3.18. The fourth-order valence-corrected chi connectivity index (χ4v) is 2.59. The SMILES string of the molecule is CCCN1C(=O)CC(NCCc2ccccc2OC)C1=O. The van der Waals surface area contributed by atoms with Crippen LogP contribution in [0.3, 0.4) is 0 Å². The lowest BCUT2D eigenvalue weighted by Gasteiger charge is -2.14. The molecule has 1 N–H and O–H groups in total. The molecule has 1 aromatic carbocycles. The van der Waals surface area contributed by atoms with E-state index in [-0.39, 0.29) is 24.3 Å². The fraction of sp³-hybridized carbons (Fsp3) is 0.500. The van der Waals surface area contributed by atoms with Crippen molar-refractivity contribution < 1.29 is 14.3 Å². The molecule has 114 valence electrons. The molecule has 0 aromatic heterocycles. The minimum atomic E-state index is -0.376. The minimum absolute atomic E-state index is 0.0726. The predicted octanol–water partition coefficient (Wildman–Crippen LogP) is 1.36. The van der Waals surface area contributed by atoms with Crippen LogP contribution in [0.5, 0.6) is 5.75 Å². The Balaban J connectivity index is 1.87. The summed E-state index contributed by atoms with van der Waals surface area (Å²) >= 11 is 0. The number of nitrogens with zero attached hydrogens (tertiary/aromatic N) is 1. The Kier molecular flexibility index (Phi) is 5.33. The number of methoxy groups -OCH3 is 1. The molecule has 0 radical (unpaired) electrons. The molecular formula is C16H22N2O3. The van der Waals surface area contributed by atoms with Gasteiger partial charge in [-0.05, 0) is 24.5 Å². The van der Waals surface area contributed by atoms with E-state index in [0.717, 1.165) is 24.2 Å². The first-order chi connectivity index (χ1) is 10.2. The first kappa shape index (κ1) is 15.5. The van der Waals surface area contributed by atoms with E-state index in [1.807, 2.05) is 31.2 Å². The summed E-state index contributed by atoms with van der Waals surface area (Å²) in [7, 11) is 1.65. The van der Waals surface area contributed by atoms with Gasteiger partial charge in [0.2, 0.25) is 11.8 Å². The average molecular weight is 290 g/mol. The van der Waals surface area contributed by atoms with Gasteiger partial charge in [-0.25, -0.2) is 0 Å². The molecule has 1 unspecified atom stereocenters. The van der Waals surface area contributed by atoms with E-state index in [1.165, 1.54) is 4.90 Å². The van der Waals surface area contributed by atoms with E-state index < -0.39 is 0 Å². The van der Waals surface area contributed by atoms with Gasteiger partial charge in [-0.15, -0.1) is 0 Å². The highest BCUT2D eigenvalue weighted by molar-refractivity contribution is 6.05. The zero-order valence-corrected chi connectivity index (χ0v) is 12.6. The van der Waals surface area contributed by atoms with E-state index >= 15 is 0 Å². The van der Waals surface area contributed by atoms with Gasteiger partial charge in [-0.1, -0.05) is 25.1 Å². The lowest BCUT2D eigenvalue weighted by atomic mass is 10.1. The average Bonchev–Trinajstić information content (AvgIpc) is 2.76. The summed E-state index contributed by atoms with van der Waals surface area (Å²) < 4.78 is 5.30. The van der Waals surface area contributed by atoms with Crippen molar-refractivity contribution in [3.05, 3.63) is 29.8 Å². The Hall–Kier alpha value is -1.88. The quantitative estimate of drug-likeness (QED) is 0.771. The van der Waals surface area contributed by atoms with Crippen molar-refractivity contribution in [2.45, 2.75) is 32.2 Å². The maximum absolute atomic E-state index is 12.1. The zero-order chi connectivity index (χ0) is 15.2. The number of imide groups is 1. The lowest BCUT2D eigenvalue weighted by Crippen LogP contribution is -2.39. The number of carbonyl (C=O) groups is 2. The number of hydrogen-bond acceptors (Lipinski definition) is 4. The minimum Gasteiger partial charge on any atom is -0.496 e. The maximum Gasteiger partial charge on any atom is 0.246 e. The topological polar surface area (TPSA) is 58.6 Å². The second kappa shape index (κ2) is 7.22. The molecule has 5 nitrogen and oxygen atoms in total. The number of hydrogen-bond donors (Lipinski definition) is 1. The largest absolute Gasteiger partial charge is 0.496 e. The van der Waals surface area contributed by atoms with Crippen LogP contribution in [0.25, 0.3) is 0 Å². The van der Waals surface area contributed by atoms with Gasteiger partial charge in [0.05, 0.1) is 19.6 Å². The smallest absolute Gasteiger partial charge is 0.246 e. The Morgan fingerprint density at radius 2 is 2.10 bits per heavy atom. The summed E-state index contributed by atoms with van der Waals surface area (Å²) in [4.78, 5) is 25.2. The van der Waals surface area contributed by atoms with Gasteiger partial charge in [0, 0.05) is 13.1 Å². The van der Waals surface area contributed by atoms with Crippen molar-refractivity contribution in [3.8, 4) is 5.75 Å². The molecule has 0 bridgehead atoms. The number of para-hydroxylation sites is 1. The molecule has 1 atom stereocenters. The maximum atomic E-state index is 12.1. The van der Waals surface area contributed by atoms with Gasteiger partial charge in [-0.3, -0.25) is 14.5 Å². The number of carbonyl (C=O) groups excluding carboxylic acids is 2. The van der Waals surface area contributed by atoms with Gasteiger partial charge < -0.3 is 10.1 Å². The Bertz CT molecular complexity index is 516. The van der Waals surface area contributed by atoms with Crippen LogP contribution in [-0.2, 0) is 16.0 Å². The molecular weight excluding hydrogens is 268 g/mol. The number of amides is 2. The third-order valence-corrected chi connectivity index (χ3v) is 3.67. The highest BCUT2D eigenvalue weighted by Gasteiger charge is 2.37. The van der Waals surface area contributed by atoms with E-state index in [9.17, 15) is 9.59 Å². The van der Waals surface area contributed by atoms with Crippen LogP contribution >= 0.6 is 0 Å². The molecule has 0 spiro atoms. The van der Waals surface area contributed by atoms with E-state index in [0.29, 0.717) is 13.1 Å². The molecule has 5 heteroatoms. The molecule has 2 rings (SSSR count). The number of ether oxygens (including phenoxy) is 1. The molecule has 1 aromatic rings. The predicted molar refractivity (Wildman–Crippen MR) is 80.1 cm³/mol. The standard InChI is InChI=1S/C16H22N2O3/c1-3-10-18-15(19)11-13(16(18)20)17-9-8-12-6-4-5-7-14(12)21-2/h4-7,13,17H,3,8-11H2,1-2H3. The molecule has 1 aliphatic heterocycles. The van der Waals surface area contributed by atoms with Crippen LogP contribution in [0.15, 0.2) is 24.3 Å². The summed E-state index contributed by atoms with van der Waals surface area (Å²) in [5.74, 6) is 0.680. The molecule has 1 saturated heterocycles. The number of rotatable bonds is 7. The summed E-state index contributed by atoms with van der Waals surface area (Å²) in [6.45, 7) is 3.12. The molecule has 1 heterocycles. The Labute approximate surface area is 125 Å². The van der Waals surface area contributed by atoms with Crippen molar-refractivity contribution in [2.75, 3.05) is 20.2 Å². The van der Waals surface area contributed by atoms with Gasteiger partial charge in [-0.2, -0.15) is 0 Å². The van der Waals surface area contributed by atoms with Crippen molar-refractivity contribution in [1.82, 2.24) is 10.2 Å². The third-order valence-electron chi connectivity index (χ3n) is 3.67. The second-order valence-electron chi connectivity index (χ2n) is 5.16. The molecule has 1 fully saturated rings. The number of likely N-dealkylation sites (tertiary alicyclic amines) is 1. The van der Waals surface area contributed by atoms with Crippen LogP contribution in [0, 0.1) is 0 Å². The van der Waals surface area contributed by atoms with Gasteiger partial charge >= 0.3 is 0 Å². The van der Waals surface area contributed by atoms with Crippen molar-refractivity contribution in [3.63, 3.8) is 0 Å². The highest BCUT2D eigenvalue weighted by atomic mass is 16.5. The van der Waals surface area contributed by atoms with E-state index in [4.69, 9.17) is 4.74 Å². The first-order valence-electron chi connectivity index (χ1n) is 7.36. The third kappa shape index (κ3) is 3.61. The van der Waals surface area contributed by atoms with Crippen molar-refractivity contribution in [2.24, 2.45) is 0 Å². The van der Waals surface area contributed by atoms with Gasteiger partial charge in [0.15, 0.2) is 0 Å². The summed E-state index contributed by atoms with van der Waals surface area (Å²) in [5.41, 5.74) is 1.09. The van der Waals surface area contributed by atoms with Crippen molar-refractivity contribution in [1.29, 1.82) is 0 Å². The molecule has 1 aliphatic rings. The van der Waals surface area contributed by atoms with Crippen LogP contribution in [-0.4, -0.2) is 43.0 Å². The van der Waals surface area contributed by atoms with Gasteiger partial charge in [0.25, 0.3) is 0 Å². The summed E-state index contributed by atoms with van der Waals surface area (Å²) in [6.07, 6.45) is 1.83. The Morgan fingerprint density at radius 1 is 1.33 bits per heavy atom. The molecule has 0 saturated carbocycles. The van der Waals surface area contributed by atoms with E-state index in [1.54, 1.807) is 7.11 Å². The van der Waals surface area contributed by atoms with E-state index in [2.05, 4.69) is 5.32 Å². The molecule has 2 amide bonds. The summed E-state index contributed by atoms with van der Waals surface area (Å²) in [6, 6.07) is 7.44. The normalized spacial score (nSPS) is 18.4.